The van der Waals surface area contributed by atoms with Crippen molar-refractivity contribution in [2.45, 2.75) is 19.5 Å². The van der Waals surface area contributed by atoms with Gasteiger partial charge in [-0.25, -0.2) is 0 Å². The van der Waals surface area contributed by atoms with E-state index in [1.54, 1.807) is 0 Å². The summed E-state index contributed by atoms with van der Waals surface area (Å²) in [4.78, 5) is 17.3. The van der Waals surface area contributed by atoms with Crippen LogP contribution in [0, 0.1) is 0 Å². The smallest absolute Gasteiger partial charge is 0.241 e. The molecular formula is C23H29N3O4. The molecule has 2 aromatic carbocycles. The van der Waals surface area contributed by atoms with Crippen molar-refractivity contribution in [2.24, 2.45) is 0 Å². The summed E-state index contributed by atoms with van der Waals surface area (Å²) in [5, 5.41) is 2.99. The summed E-state index contributed by atoms with van der Waals surface area (Å²) in [6, 6.07) is 13.6. The lowest BCUT2D eigenvalue weighted by molar-refractivity contribution is -0.120. The Morgan fingerprint density at radius 1 is 1.07 bits per heavy atom. The van der Waals surface area contributed by atoms with E-state index in [4.69, 9.17) is 14.2 Å². The number of hydrogen-bond acceptors (Lipinski definition) is 6. The number of carbonyl (C=O) groups excluding carboxylic acids is 1. The molecule has 1 atom stereocenters. The Bertz CT molecular complexity index is 883. The van der Waals surface area contributed by atoms with Gasteiger partial charge >= 0.3 is 0 Å². The molecule has 4 rings (SSSR count). The Morgan fingerprint density at radius 2 is 1.80 bits per heavy atom. The van der Waals surface area contributed by atoms with Crippen molar-refractivity contribution in [1.29, 1.82) is 0 Å². The molecule has 2 aliphatic rings. The maximum absolute atomic E-state index is 12.8. The Morgan fingerprint density at radius 3 is 2.60 bits per heavy atom. The number of likely N-dealkylation sites (N-methyl/N-ethyl adjacent to an activating group) is 1. The van der Waals surface area contributed by atoms with E-state index in [0.29, 0.717) is 36.9 Å². The highest BCUT2D eigenvalue weighted by atomic mass is 16.6. The van der Waals surface area contributed by atoms with Gasteiger partial charge in [-0.2, -0.15) is 0 Å². The highest BCUT2D eigenvalue weighted by Gasteiger charge is 2.22. The van der Waals surface area contributed by atoms with Crippen molar-refractivity contribution < 1.29 is 19.0 Å². The number of nitrogens with one attached hydrogen (secondary N) is 1. The van der Waals surface area contributed by atoms with Crippen LogP contribution in [0.25, 0.3) is 0 Å². The number of rotatable bonds is 6. The fraction of sp³-hybridized carbons (Fsp3) is 0.435. The summed E-state index contributed by atoms with van der Waals surface area (Å²) in [5.74, 6) is 1.32. The van der Waals surface area contributed by atoms with Gasteiger partial charge in [-0.15, -0.1) is 0 Å². The third kappa shape index (κ3) is 4.68. The van der Waals surface area contributed by atoms with E-state index in [2.05, 4.69) is 33.3 Å². The molecule has 7 nitrogen and oxygen atoms in total. The Labute approximate surface area is 177 Å². The lowest BCUT2D eigenvalue weighted by Gasteiger charge is -2.32. The van der Waals surface area contributed by atoms with Crippen LogP contribution in [0.4, 0.5) is 11.4 Å². The minimum Gasteiger partial charge on any atom is -0.486 e. The lowest BCUT2D eigenvalue weighted by atomic mass is 10.1. The van der Waals surface area contributed by atoms with Crippen molar-refractivity contribution in [3.63, 3.8) is 0 Å². The number of fused-ring (bicyclic) bond motifs is 1. The second kappa shape index (κ2) is 9.36. The number of ether oxygens (including phenoxy) is 3. The van der Waals surface area contributed by atoms with Gasteiger partial charge in [-0.05, 0) is 37.7 Å². The fourth-order valence-corrected chi connectivity index (χ4v) is 3.73. The van der Waals surface area contributed by atoms with Crippen LogP contribution >= 0.6 is 0 Å². The van der Waals surface area contributed by atoms with Gasteiger partial charge in [0.15, 0.2) is 11.5 Å². The molecule has 0 saturated carbocycles. The van der Waals surface area contributed by atoms with Gasteiger partial charge in [-0.1, -0.05) is 18.2 Å². The highest BCUT2D eigenvalue weighted by Crippen LogP contribution is 2.32. The zero-order valence-corrected chi connectivity index (χ0v) is 17.6. The van der Waals surface area contributed by atoms with Gasteiger partial charge in [0.05, 0.1) is 19.3 Å². The Kier molecular flexibility index (Phi) is 6.40. The summed E-state index contributed by atoms with van der Waals surface area (Å²) in [5.41, 5.74) is 3.13. The number of benzene rings is 2. The monoisotopic (exact) mass is 411 g/mol. The highest BCUT2D eigenvalue weighted by molar-refractivity contribution is 5.94. The summed E-state index contributed by atoms with van der Waals surface area (Å²) in [6.07, 6.45) is 0. The molecule has 0 aliphatic carbocycles. The van der Waals surface area contributed by atoms with E-state index in [-0.39, 0.29) is 11.9 Å². The minimum absolute atomic E-state index is 0.0574. The zero-order valence-electron chi connectivity index (χ0n) is 17.6. The van der Waals surface area contributed by atoms with Crippen molar-refractivity contribution in [3.05, 3.63) is 48.0 Å². The third-order valence-electron chi connectivity index (χ3n) is 5.61. The quantitative estimate of drug-likeness (QED) is 0.789. The molecule has 0 radical (unpaired) electrons. The number of para-hydroxylation sites is 1. The van der Waals surface area contributed by atoms with Crippen LogP contribution in [0.1, 0.15) is 12.5 Å². The standard InChI is InChI=1S/C23H29N3O4/c1-17(23(27)24-19-7-8-21-22(15-19)30-14-13-29-21)25(2)16-18-5-3-4-6-20(18)26-9-11-28-12-10-26/h3-8,15,17H,9-14,16H2,1-2H3,(H,24,27). The van der Waals surface area contributed by atoms with Gasteiger partial charge in [0.2, 0.25) is 5.91 Å². The van der Waals surface area contributed by atoms with Crippen molar-refractivity contribution in [1.82, 2.24) is 4.90 Å². The van der Waals surface area contributed by atoms with Crippen LogP contribution < -0.4 is 19.7 Å². The maximum Gasteiger partial charge on any atom is 0.241 e. The Hall–Kier alpha value is -2.77. The first-order valence-corrected chi connectivity index (χ1v) is 10.4. The molecular weight excluding hydrogens is 382 g/mol. The molecule has 2 aromatic rings. The topological polar surface area (TPSA) is 63.3 Å². The molecule has 1 N–H and O–H groups in total. The average Bonchev–Trinajstić information content (AvgIpc) is 2.79. The number of carbonyl (C=O) groups is 1. The number of morpholine rings is 1. The van der Waals surface area contributed by atoms with Gasteiger partial charge in [-0.3, -0.25) is 9.69 Å². The molecule has 0 aromatic heterocycles. The summed E-state index contributed by atoms with van der Waals surface area (Å²) in [6.45, 7) is 6.95. The summed E-state index contributed by atoms with van der Waals surface area (Å²) < 4.78 is 16.6. The average molecular weight is 412 g/mol. The van der Waals surface area contributed by atoms with Gasteiger partial charge in [0.25, 0.3) is 0 Å². The largest absolute Gasteiger partial charge is 0.486 e. The molecule has 1 unspecified atom stereocenters. The number of hydrogen-bond donors (Lipinski definition) is 1. The van der Waals surface area contributed by atoms with Crippen LogP contribution in [0.2, 0.25) is 0 Å². The lowest BCUT2D eigenvalue weighted by Crippen LogP contribution is -2.40. The molecule has 7 heteroatoms. The fourth-order valence-electron chi connectivity index (χ4n) is 3.73. The first-order chi connectivity index (χ1) is 14.6. The van der Waals surface area contributed by atoms with Gasteiger partial charge in [0, 0.05) is 37.1 Å². The first kappa shape index (κ1) is 20.5. The molecule has 2 heterocycles. The second-order valence-corrected chi connectivity index (χ2v) is 7.67. The molecule has 160 valence electrons. The van der Waals surface area contributed by atoms with E-state index < -0.39 is 0 Å². The minimum atomic E-state index is -0.295. The van der Waals surface area contributed by atoms with Crippen LogP contribution in [0.3, 0.4) is 0 Å². The van der Waals surface area contributed by atoms with Crippen molar-refractivity contribution >= 4 is 17.3 Å². The predicted molar refractivity (Wildman–Crippen MR) is 116 cm³/mol. The molecule has 1 fully saturated rings. The SMILES string of the molecule is CC(C(=O)Nc1ccc2c(c1)OCCO2)N(C)Cc1ccccc1N1CCOCC1. The zero-order chi connectivity index (χ0) is 20.9. The summed E-state index contributed by atoms with van der Waals surface area (Å²) >= 11 is 0. The molecule has 1 amide bonds. The second-order valence-electron chi connectivity index (χ2n) is 7.67. The molecule has 0 spiro atoms. The normalized spacial score (nSPS) is 17.0. The van der Waals surface area contributed by atoms with Crippen LogP contribution in [-0.4, -0.2) is 63.4 Å². The van der Waals surface area contributed by atoms with Crippen LogP contribution in [-0.2, 0) is 16.1 Å². The van der Waals surface area contributed by atoms with E-state index in [1.165, 1.54) is 11.3 Å². The van der Waals surface area contributed by atoms with Crippen LogP contribution in [0.15, 0.2) is 42.5 Å². The van der Waals surface area contributed by atoms with Crippen molar-refractivity contribution in [2.75, 3.05) is 56.8 Å². The predicted octanol–water partition coefficient (Wildman–Crippen LogP) is 2.75. The number of amides is 1. The van der Waals surface area contributed by atoms with E-state index in [9.17, 15) is 4.79 Å². The third-order valence-corrected chi connectivity index (χ3v) is 5.61. The van der Waals surface area contributed by atoms with Crippen LogP contribution in [0.5, 0.6) is 11.5 Å². The molecule has 0 bridgehead atoms. The molecule has 30 heavy (non-hydrogen) atoms. The Balaban J connectivity index is 1.40. The first-order valence-electron chi connectivity index (χ1n) is 10.4. The van der Waals surface area contributed by atoms with E-state index in [0.717, 1.165) is 26.3 Å². The number of nitrogens with zero attached hydrogens (tertiary/aromatic N) is 2. The molecule has 1 saturated heterocycles. The van der Waals surface area contributed by atoms with E-state index >= 15 is 0 Å². The number of anilines is 2. The maximum atomic E-state index is 12.8. The molecule has 2 aliphatic heterocycles. The van der Waals surface area contributed by atoms with Gasteiger partial charge < -0.3 is 24.4 Å². The van der Waals surface area contributed by atoms with Gasteiger partial charge in [0.1, 0.15) is 13.2 Å². The van der Waals surface area contributed by atoms with E-state index in [1.807, 2.05) is 38.2 Å². The summed E-state index contributed by atoms with van der Waals surface area (Å²) in [7, 11) is 1.98. The van der Waals surface area contributed by atoms with Crippen molar-refractivity contribution in [3.8, 4) is 11.5 Å².